The van der Waals surface area contributed by atoms with Crippen LogP contribution in [-0.2, 0) is 22.4 Å². The number of nitrogens with zero attached hydrogens (tertiary/aromatic N) is 2. The van der Waals surface area contributed by atoms with Gasteiger partial charge in [0, 0.05) is 17.3 Å². The van der Waals surface area contributed by atoms with Crippen LogP contribution in [0.15, 0.2) is 24.5 Å². The van der Waals surface area contributed by atoms with Gasteiger partial charge in [0.1, 0.15) is 11.1 Å². The highest BCUT2D eigenvalue weighted by Crippen LogP contribution is 2.39. The van der Waals surface area contributed by atoms with E-state index in [1.807, 2.05) is 0 Å². The molecule has 6 nitrogen and oxygen atoms in total. The summed E-state index contributed by atoms with van der Waals surface area (Å²) in [5.41, 5.74) is 1.93. The molecular weight excluding hydrogens is 338 g/mol. The maximum absolute atomic E-state index is 12.1. The van der Waals surface area contributed by atoms with E-state index >= 15 is 0 Å². The van der Waals surface area contributed by atoms with Crippen molar-refractivity contribution in [3.63, 3.8) is 0 Å². The fraction of sp³-hybridized carbons (Fsp3) is 0.333. The Morgan fingerprint density at radius 1 is 1.44 bits per heavy atom. The summed E-state index contributed by atoms with van der Waals surface area (Å²) in [6.45, 7) is 1.79. The van der Waals surface area contributed by atoms with E-state index in [1.165, 1.54) is 40.7 Å². The molecule has 1 N–H and O–H groups in total. The number of ether oxygens (including phenoxy) is 1. The summed E-state index contributed by atoms with van der Waals surface area (Å²) in [5.74, 6) is -0.453. The number of nitriles is 1. The molecule has 7 heteroatoms. The van der Waals surface area contributed by atoms with Gasteiger partial charge in [-0.05, 0) is 42.9 Å². The minimum atomic E-state index is -0.586. The summed E-state index contributed by atoms with van der Waals surface area (Å²) >= 11 is 1.45. The van der Waals surface area contributed by atoms with Crippen LogP contribution >= 0.6 is 11.3 Å². The molecule has 2 aromatic heterocycles. The van der Waals surface area contributed by atoms with Crippen LogP contribution in [0.5, 0.6) is 0 Å². The third-order valence-electron chi connectivity index (χ3n) is 4.13. The van der Waals surface area contributed by atoms with Gasteiger partial charge in [-0.2, -0.15) is 5.26 Å². The van der Waals surface area contributed by atoms with Gasteiger partial charge < -0.3 is 10.1 Å². The molecule has 0 aromatic carbocycles. The van der Waals surface area contributed by atoms with Gasteiger partial charge in [0.05, 0.1) is 11.1 Å². The summed E-state index contributed by atoms with van der Waals surface area (Å²) in [7, 11) is 0. The lowest BCUT2D eigenvalue weighted by Crippen LogP contribution is -2.20. The Labute approximate surface area is 149 Å². The molecule has 0 fully saturated rings. The van der Waals surface area contributed by atoms with Gasteiger partial charge >= 0.3 is 5.97 Å². The van der Waals surface area contributed by atoms with Crippen LogP contribution in [0, 0.1) is 17.2 Å². The molecule has 1 amide bonds. The zero-order chi connectivity index (χ0) is 17.8. The third kappa shape index (κ3) is 3.86. The Morgan fingerprint density at radius 2 is 2.20 bits per heavy atom. The van der Waals surface area contributed by atoms with Gasteiger partial charge in [-0.1, -0.05) is 6.92 Å². The molecule has 1 aliphatic carbocycles. The molecule has 0 bridgehead atoms. The first-order valence-electron chi connectivity index (χ1n) is 8.00. The number of hydrogen-bond donors (Lipinski definition) is 1. The average Bonchev–Trinajstić information content (AvgIpc) is 2.96. The topological polar surface area (TPSA) is 92.1 Å². The Balaban J connectivity index is 1.64. The molecule has 1 atom stereocenters. The van der Waals surface area contributed by atoms with Crippen molar-refractivity contribution in [2.45, 2.75) is 26.2 Å². The van der Waals surface area contributed by atoms with E-state index in [-0.39, 0.29) is 0 Å². The van der Waals surface area contributed by atoms with E-state index in [9.17, 15) is 14.9 Å². The minimum absolute atomic E-state index is 0.334. The lowest BCUT2D eigenvalue weighted by atomic mass is 9.89. The lowest BCUT2D eigenvalue weighted by molar-refractivity contribution is -0.119. The Hall–Kier alpha value is -2.72. The fourth-order valence-corrected chi connectivity index (χ4v) is 4.20. The highest BCUT2D eigenvalue weighted by atomic mass is 32.1. The number of rotatable bonds is 4. The monoisotopic (exact) mass is 355 g/mol. The number of anilines is 1. The molecule has 128 valence electrons. The second-order valence-corrected chi connectivity index (χ2v) is 7.13. The van der Waals surface area contributed by atoms with Crippen molar-refractivity contribution in [2.24, 2.45) is 5.92 Å². The smallest absolute Gasteiger partial charge is 0.338 e. The normalized spacial score (nSPS) is 15.8. The number of carbonyl (C=O) groups excluding carboxylic acids is 2. The molecule has 0 saturated carbocycles. The Kier molecular flexibility index (Phi) is 5.10. The van der Waals surface area contributed by atoms with Gasteiger partial charge in [0.2, 0.25) is 0 Å². The van der Waals surface area contributed by atoms with Gasteiger partial charge in [-0.25, -0.2) is 4.79 Å². The Morgan fingerprint density at radius 3 is 2.92 bits per heavy atom. The second-order valence-electron chi connectivity index (χ2n) is 6.03. The summed E-state index contributed by atoms with van der Waals surface area (Å²) in [5, 5.41) is 12.7. The standard InChI is InChI=1S/C18H17N3O3S/c1-11-2-3-13-14(9-19)17(25-15(13)8-11)21-16(22)10-24-18(23)12-4-6-20-7-5-12/h4-7,11H,2-3,8,10H2,1H3,(H,21,22)/t11-/m0/s1. The lowest BCUT2D eigenvalue weighted by Gasteiger charge is -2.17. The molecule has 0 aliphatic heterocycles. The SMILES string of the molecule is C[C@H]1CCc2c(sc(NC(=O)COC(=O)c3ccncc3)c2C#N)C1. The number of carbonyl (C=O) groups is 2. The van der Waals surface area contributed by atoms with Crippen LogP contribution in [0.2, 0.25) is 0 Å². The van der Waals surface area contributed by atoms with E-state index in [0.717, 1.165) is 24.8 Å². The fourth-order valence-electron chi connectivity index (χ4n) is 2.82. The number of hydrogen-bond acceptors (Lipinski definition) is 6. The van der Waals surface area contributed by atoms with E-state index in [1.54, 1.807) is 0 Å². The maximum atomic E-state index is 12.1. The van der Waals surface area contributed by atoms with Crippen LogP contribution in [0.25, 0.3) is 0 Å². The molecule has 25 heavy (non-hydrogen) atoms. The van der Waals surface area contributed by atoms with Crippen molar-refractivity contribution < 1.29 is 14.3 Å². The molecule has 0 spiro atoms. The number of pyridine rings is 1. The molecular formula is C18H17N3O3S. The Bertz CT molecular complexity index is 839. The predicted octanol–water partition coefficient (Wildman–Crippen LogP) is 2.94. The summed E-state index contributed by atoms with van der Waals surface area (Å²) in [6.07, 6.45) is 5.81. The predicted molar refractivity (Wildman–Crippen MR) is 93.4 cm³/mol. The van der Waals surface area contributed by atoms with Gasteiger partial charge in [0.25, 0.3) is 5.91 Å². The van der Waals surface area contributed by atoms with Crippen LogP contribution in [-0.4, -0.2) is 23.5 Å². The van der Waals surface area contributed by atoms with Gasteiger partial charge in [-0.3, -0.25) is 9.78 Å². The summed E-state index contributed by atoms with van der Waals surface area (Å²) in [4.78, 5) is 28.9. The van der Waals surface area contributed by atoms with Crippen molar-refractivity contribution in [3.05, 3.63) is 46.1 Å². The molecule has 2 aromatic rings. The first-order chi connectivity index (χ1) is 12.1. The molecule has 2 heterocycles. The number of thiophene rings is 1. The van der Waals surface area contributed by atoms with Crippen molar-refractivity contribution in [1.82, 2.24) is 4.98 Å². The number of amides is 1. The van der Waals surface area contributed by atoms with Crippen molar-refractivity contribution in [2.75, 3.05) is 11.9 Å². The average molecular weight is 355 g/mol. The molecule has 0 radical (unpaired) electrons. The van der Waals surface area contributed by atoms with Crippen LogP contribution < -0.4 is 5.32 Å². The van der Waals surface area contributed by atoms with Crippen LogP contribution in [0.3, 0.4) is 0 Å². The zero-order valence-corrected chi connectivity index (χ0v) is 14.6. The van der Waals surface area contributed by atoms with Crippen molar-refractivity contribution >= 4 is 28.2 Å². The largest absolute Gasteiger partial charge is 0.452 e. The molecule has 0 unspecified atom stereocenters. The molecule has 3 rings (SSSR count). The number of fused-ring (bicyclic) bond motifs is 1. The van der Waals surface area contributed by atoms with E-state index in [4.69, 9.17) is 4.74 Å². The van der Waals surface area contributed by atoms with Crippen LogP contribution in [0.4, 0.5) is 5.00 Å². The quantitative estimate of drug-likeness (QED) is 0.851. The van der Waals surface area contributed by atoms with Crippen molar-refractivity contribution in [1.29, 1.82) is 5.26 Å². The zero-order valence-electron chi connectivity index (χ0n) is 13.7. The first-order valence-corrected chi connectivity index (χ1v) is 8.81. The van der Waals surface area contributed by atoms with E-state index in [2.05, 4.69) is 23.3 Å². The highest BCUT2D eigenvalue weighted by molar-refractivity contribution is 7.16. The van der Waals surface area contributed by atoms with Gasteiger partial charge in [0.15, 0.2) is 6.61 Å². The number of esters is 1. The summed E-state index contributed by atoms with van der Waals surface area (Å²) in [6, 6.07) is 5.23. The highest BCUT2D eigenvalue weighted by Gasteiger charge is 2.24. The molecule has 0 saturated heterocycles. The third-order valence-corrected chi connectivity index (χ3v) is 5.30. The van der Waals surface area contributed by atoms with Crippen LogP contribution in [0.1, 0.15) is 39.7 Å². The van der Waals surface area contributed by atoms with Crippen molar-refractivity contribution in [3.8, 4) is 6.07 Å². The number of aromatic nitrogens is 1. The van der Waals surface area contributed by atoms with E-state index in [0.29, 0.717) is 22.0 Å². The first kappa shape index (κ1) is 17.1. The maximum Gasteiger partial charge on any atom is 0.338 e. The minimum Gasteiger partial charge on any atom is -0.452 e. The van der Waals surface area contributed by atoms with Gasteiger partial charge in [-0.15, -0.1) is 11.3 Å². The number of nitrogens with one attached hydrogen (secondary N) is 1. The van der Waals surface area contributed by atoms with E-state index < -0.39 is 18.5 Å². The molecule has 1 aliphatic rings. The second kappa shape index (κ2) is 7.45. The summed E-state index contributed by atoms with van der Waals surface area (Å²) < 4.78 is 5.00.